The predicted octanol–water partition coefficient (Wildman–Crippen LogP) is 1.92. The molecule has 0 aliphatic carbocycles. The van der Waals surface area contributed by atoms with E-state index >= 15 is 0 Å². The highest BCUT2D eigenvalue weighted by atomic mass is 32.1. The molecule has 0 aromatic carbocycles. The first-order valence-corrected chi connectivity index (χ1v) is 5.00. The van der Waals surface area contributed by atoms with Crippen molar-refractivity contribution < 1.29 is 9.90 Å². The van der Waals surface area contributed by atoms with Crippen LogP contribution in [0.3, 0.4) is 0 Å². The van der Waals surface area contributed by atoms with Gasteiger partial charge < -0.3 is 10.8 Å². The van der Waals surface area contributed by atoms with E-state index in [-0.39, 0.29) is 12.5 Å². The van der Waals surface area contributed by atoms with Gasteiger partial charge in [0.25, 0.3) is 0 Å². The van der Waals surface area contributed by atoms with Crippen molar-refractivity contribution in [2.45, 2.75) is 25.8 Å². The molecule has 3 N–H and O–H groups in total. The third-order valence-corrected chi connectivity index (χ3v) is 2.97. The van der Waals surface area contributed by atoms with E-state index in [1.807, 2.05) is 18.4 Å². The van der Waals surface area contributed by atoms with Crippen LogP contribution in [0.5, 0.6) is 0 Å². The second-order valence-corrected chi connectivity index (χ2v) is 4.01. The quantitative estimate of drug-likeness (QED) is 0.778. The number of nitrogens with two attached hydrogens (primary N) is 1. The molecular formula is C9H13NO2S. The lowest BCUT2D eigenvalue weighted by Gasteiger charge is -2.06. The van der Waals surface area contributed by atoms with Crippen molar-refractivity contribution in [2.24, 2.45) is 5.73 Å². The fourth-order valence-electron chi connectivity index (χ4n) is 1.07. The van der Waals surface area contributed by atoms with Crippen LogP contribution in [-0.2, 0) is 4.79 Å². The molecule has 4 heteroatoms. The number of thiophene rings is 1. The van der Waals surface area contributed by atoms with Gasteiger partial charge in [0.05, 0.1) is 0 Å². The van der Waals surface area contributed by atoms with E-state index in [4.69, 9.17) is 10.8 Å². The van der Waals surface area contributed by atoms with Crippen molar-refractivity contribution in [3.05, 3.63) is 21.9 Å². The van der Waals surface area contributed by atoms with Gasteiger partial charge in [0.1, 0.15) is 0 Å². The van der Waals surface area contributed by atoms with E-state index in [1.54, 1.807) is 11.3 Å². The Bertz CT molecular complexity index is 296. The van der Waals surface area contributed by atoms with Crippen molar-refractivity contribution in [1.82, 2.24) is 0 Å². The zero-order valence-electron chi connectivity index (χ0n) is 7.49. The van der Waals surface area contributed by atoms with Gasteiger partial charge in [0.2, 0.25) is 0 Å². The number of carboxylic acid groups (broad SMARTS) is 1. The molecule has 0 amide bonds. The molecule has 0 spiro atoms. The van der Waals surface area contributed by atoms with Crippen molar-refractivity contribution in [3.63, 3.8) is 0 Å². The van der Waals surface area contributed by atoms with Crippen LogP contribution in [-0.4, -0.2) is 11.1 Å². The van der Waals surface area contributed by atoms with Gasteiger partial charge in [-0.3, -0.25) is 4.79 Å². The minimum atomic E-state index is -0.788. The van der Waals surface area contributed by atoms with Gasteiger partial charge in [-0.1, -0.05) is 0 Å². The lowest BCUT2D eigenvalue weighted by atomic mass is 10.1. The van der Waals surface area contributed by atoms with Gasteiger partial charge in [-0.25, -0.2) is 0 Å². The number of carbonyl (C=O) groups is 1. The minimum Gasteiger partial charge on any atom is -0.481 e. The van der Waals surface area contributed by atoms with Crippen LogP contribution in [0.4, 0.5) is 0 Å². The lowest BCUT2D eigenvalue weighted by Crippen LogP contribution is -2.10. The monoisotopic (exact) mass is 199 g/mol. The molecule has 0 fully saturated rings. The number of hydrogen-bond acceptors (Lipinski definition) is 3. The number of rotatable bonds is 4. The second-order valence-electron chi connectivity index (χ2n) is 3.07. The van der Waals surface area contributed by atoms with Gasteiger partial charge in [-0.05, 0) is 30.4 Å². The summed E-state index contributed by atoms with van der Waals surface area (Å²) in [4.78, 5) is 11.4. The zero-order chi connectivity index (χ0) is 9.84. The zero-order valence-corrected chi connectivity index (χ0v) is 8.30. The van der Waals surface area contributed by atoms with E-state index in [1.165, 1.54) is 5.56 Å². The van der Waals surface area contributed by atoms with E-state index in [9.17, 15) is 4.79 Å². The molecular weight excluding hydrogens is 186 g/mol. The molecule has 0 saturated heterocycles. The summed E-state index contributed by atoms with van der Waals surface area (Å²) in [6, 6.07) is 1.88. The highest BCUT2D eigenvalue weighted by Crippen LogP contribution is 2.23. The molecule has 1 aromatic rings. The Labute approximate surface area is 81.2 Å². The van der Waals surface area contributed by atoms with E-state index in [2.05, 4.69) is 0 Å². The fraction of sp³-hybridized carbons (Fsp3) is 0.444. The van der Waals surface area contributed by atoms with Crippen molar-refractivity contribution in [3.8, 4) is 0 Å². The van der Waals surface area contributed by atoms with Crippen LogP contribution < -0.4 is 5.73 Å². The Balaban J connectivity index is 2.48. The van der Waals surface area contributed by atoms with E-state index in [0.717, 1.165) is 4.88 Å². The van der Waals surface area contributed by atoms with Gasteiger partial charge in [-0.15, -0.1) is 11.3 Å². The Hall–Kier alpha value is -0.870. The first-order chi connectivity index (χ1) is 6.09. The third kappa shape index (κ3) is 3.16. The van der Waals surface area contributed by atoms with Crippen LogP contribution in [0, 0.1) is 6.92 Å². The summed E-state index contributed by atoms with van der Waals surface area (Å²) in [6.07, 6.45) is 0.646. The molecule has 3 nitrogen and oxygen atoms in total. The van der Waals surface area contributed by atoms with Crippen LogP contribution >= 0.6 is 11.3 Å². The molecule has 0 saturated carbocycles. The van der Waals surface area contributed by atoms with Crippen molar-refractivity contribution in [1.29, 1.82) is 0 Å². The smallest absolute Gasteiger partial charge is 0.303 e. The van der Waals surface area contributed by atoms with Gasteiger partial charge >= 0.3 is 5.97 Å². The molecule has 1 heterocycles. The fourth-order valence-corrected chi connectivity index (χ4v) is 2.01. The molecule has 1 aromatic heterocycles. The normalized spacial score (nSPS) is 12.8. The molecule has 0 aliphatic heterocycles. The van der Waals surface area contributed by atoms with Crippen LogP contribution in [0.2, 0.25) is 0 Å². The summed E-state index contributed by atoms with van der Waals surface area (Å²) in [5, 5.41) is 10.5. The predicted molar refractivity (Wildman–Crippen MR) is 52.9 cm³/mol. The Kier molecular flexibility index (Phi) is 3.45. The summed E-state index contributed by atoms with van der Waals surface area (Å²) >= 11 is 1.59. The SMILES string of the molecule is Cc1csc([C@@H](N)CCC(=O)O)c1. The number of carboxylic acids is 1. The summed E-state index contributed by atoms with van der Waals surface area (Å²) in [5.74, 6) is -0.788. The second kappa shape index (κ2) is 4.39. The highest BCUT2D eigenvalue weighted by molar-refractivity contribution is 7.10. The molecule has 72 valence electrons. The molecule has 0 bridgehead atoms. The summed E-state index contributed by atoms with van der Waals surface area (Å²) in [5.41, 5.74) is 6.99. The molecule has 0 aliphatic rings. The van der Waals surface area contributed by atoms with Gasteiger partial charge in [0.15, 0.2) is 0 Å². The number of aryl methyl sites for hydroxylation is 1. The third-order valence-electron chi connectivity index (χ3n) is 1.79. The Morgan fingerprint density at radius 3 is 2.92 bits per heavy atom. The molecule has 1 atom stereocenters. The van der Waals surface area contributed by atoms with Crippen molar-refractivity contribution >= 4 is 17.3 Å². The number of aliphatic carboxylic acids is 1. The Morgan fingerprint density at radius 1 is 1.77 bits per heavy atom. The van der Waals surface area contributed by atoms with Gasteiger partial charge in [0, 0.05) is 17.3 Å². The molecule has 13 heavy (non-hydrogen) atoms. The van der Waals surface area contributed by atoms with Crippen molar-refractivity contribution in [2.75, 3.05) is 0 Å². The highest BCUT2D eigenvalue weighted by Gasteiger charge is 2.09. The Morgan fingerprint density at radius 2 is 2.46 bits per heavy atom. The maximum atomic E-state index is 10.3. The van der Waals surface area contributed by atoms with Gasteiger partial charge in [-0.2, -0.15) is 0 Å². The lowest BCUT2D eigenvalue weighted by molar-refractivity contribution is -0.137. The molecule has 1 rings (SSSR count). The molecule has 0 radical (unpaired) electrons. The standard InChI is InChI=1S/C9H13NO2S/c1-6-4-8(13-5-6)7(10)2-3-9(11)12/h4-5,7H,2-3,10H2,1H3,(H,11,12)/t7-/m0/s1. The minimum absolute atomic E-state index is 0.130. The summed E-state index contributed by atoms with van der Waals surface area (Å²) in [7, 11) is 0. The summed E-state index contributed by atoms with van der Waals surface area (Å²) < 4.78 is 0. The first kappa shape index (κ1) is 10.2. The van der Waals surface area contributed by atoms with Crippen LogP contribution in [0.15, 0.2) is 11.4 Å². The molecule has 0 unspecified atom stereocenters. The first-order valence-electron chi connectivity index (χ1n) is 4.12. The topological polar surface area (TPSA) is 63.3 Å². The van der Waals surface area contributed by atoms with Crippen LogP contribution in [0.25, 0.3) is 0 Å². The maximum absolute atomic E-state index is 10.3. The van der Waals surface area contributed by atoms with Crippen LogP contribution in [0.1, 0.15) is 29.3 Å². The average Bonchev–Trinajstić information content (AvgIpc) is 2.47. The summed E-state index contributed by atoms with van der Waals surface area (Å²) in [6.45, 7) is 2.00. The van der Waals surface area contributed by atoms with E-state index in [0.29, 0.717) is 6.42 Å². The van der Waals surface area contributed by atoms with E-state index < -0.39 is 5.97 Å². The average molecular weight is 199 g/mol. The largest absolute Gasteiger partial charge is 0.481 e. The number of hydrogen-bond donors (Lipinski definition) is 2. The maximum Gasteiger partial charge on any atom is 0.303 e.